The summed E-state index contributed by atoms with van der Waals surface area (Å²) in [7, 11) is 0. The molecule has 0 aliphatic carbocycles. The molecule has 110 valence electrons. The monoisotopic (exact) mass is 270 g/mol. The number of likely N-dealkylation sites (tertiary alicyclic amines) is 1. The van der Waals surface area contributed by atoms with Crippen LogP contribution < -0.4 is 0 Å². The molecule has 0 unspecified atom stereocenters. The maximum atomic E-state index is 12.3. The molecule has 1 saturated heterocycles. The zero-order valence-corrected chi connectivity index (χ0v) is 12.4. The van der Waals surface area contributed by atoms with Crippen LogP contribution in [0.15, 0.2) is 0 Å². The minimum absolute atomic E-state index is 0.0593. The Balaban J connectivity index is 2.47. The summed E-state index contributed by atoms with van der Waals surface area (Å²) in [4.78, 5) is 26.6. The maximum absolute atomic E-state index is 12.3. The smallest absolute Gasteiger partial charge is 0.320 e. The first kappa shape index (κ1) is 15.8. The fraction of sp³-hybridized carbons (Fsp3) is 0.857. The second kappa shape index (κ2) is 6.78. The first-order chi connectivity index (χ1) is 8.79. The standard InChI is InChI=1S/C14H26N2O3/c1-10(2)6-15(7-11(3)4)14(19)16-8-12(9-16)5-13(17)18/h10-12H,5-9H2,1-4H3,(H,17,18). The Morgan fingerprint density at radius 1 is 1.16 bits per heavy atom. The average Bonchev–Trinajstić information content (AvgIpc) is 2.19. The number of carbonyl (C=O) groups is 2. The van der Waals surface area contributed by atoms with Gasteiger partial charge in [-0.25, -0.2) is 4.79 Å². The quantitative estimate of drug-likeness (QED) is 0.804. The molecule has 1 fully saturated rings. The van der Waals surface area contributed by atoms with E-state index in [9.17, 15) is 9.59 Å². The molecule has 0 atom stereocenters. The number of hydrogen-bond acceptors (Lipinski definition) is 2. The van der Waals surface area contributed by atoms with Gasteiger partial charge in [0.05, 0.1) is 6.42 Å². The van der Waals surface area contributed by atoms with Crippen LogP contribution in [0.2, 0.25) is 0 Å². The van der Waals surface area contributed by atoms with Crippen LogP contribution in [0, 0.1) is 17.8 Å². The number of carboxylic acids is 1. The third-order valence-corrected chi connectivity index (χ3v) is 3.13. The lowest BCUT2D eigenvalue weighted by atomic mass is 9.97. The Morgan fingerprint density at radius 3 is 2.00 bits per heavy atom. The lowest BCUT2D eigenvalue weighted by Gasteiger charge is -2.42. The molecule has 0 saturated carbocycles. The lowest BCUT2D eigenvalue weighted by Crippen LogP contribution is -2.56. The molecule has 1 rings (SSSR count). The molecule has 0 aromatic carbocycles. The van der Waals surface area contributed by atoms with Crippen molar-refractivity contribution < 1.29 is 14.7 Å². The number of rotatable bonds is 6. The van der Waals surface area contributed by atoms with E-state index in [-0.39, 0.29) is 18.4 Å². The zero-order valence-electron chi connectivity index (χ0n) is 12.4. The zero-order chi connectivity index (χ0) is 14.6. The number of carboxylic acid groups (broad SMARTS) is 1. The fourth-order valence-electron chi connectivity index (χ4n) is 2.41. The molecule has 5 nitrogen and oxygen atoms in total. The van der Waals surface area contributed by atoms with Crippen LogP contribution in [0.1, 0.15) is 34.1 Å². The van der Waals surface area contributed by atoms with Crippen LogP contribution in [0.3, 0.4) is 0 Å². The highest BCUT2D eigenvalue weighted by Crippen LogP contribution is 2.21. The molecule has 19 heavy (non-hydrogen) atoms. The van der Waals surface area contributed by atoms with Crippen molar-refractivity contribution in [1.82, 2.24) is 9.80 Å². The Morgan fingerprint density at radius 2 is 1.63 bits per heavy atom. The van der Waals surface area contributed by atoms with Crippen molar-refractivity contribution in [2.24, 2.45) is 17.8 Å². The number of nitrogens with zero attached hydrogens (tertiary/aromatic N) is 2. The Hall–Kier alpha value is -1.26. The second-order valence-corrected chi connectivity index (χ2v) is 6.34. The van der Waals surface area contributed by atoms with Crippen LogP contribution in [-0.4, -0.2) is 53.1 Å². The molecule has 0 radical (unpaired) electrons. The van der Waals surface area contributed by atoms with Gasteiger partial charge in [-0.1, -0.05) is 27.7 Å². The van der Waals surface area contributed by atoms with Gasteiger partial charge in [0.1, 0.15) is 0 Å². The predicted molar refractivity (Wildman–Crippen MR) is 74.0 cm³/mol. The van der Waals surface area contributed by atoms with Crippen LogP contribution >= 0.6 is 0 Å². The minimum atomic E-state index is -0.779. The molecule has 5 heteroatoms. The molecule has 1 N–H and O–H groups in total. The Kier molecular flexibility index (Phi) is 5.63. The van der Waals surface area contributed by atoms with Crippen LogP contribution in [0.5, 0.6) is 0 Å². The van der Waals surface area contributed by atoms with E-state index in [1.54, 1.807) is 4.90 Å². The highest BCUT2D eigenvalue weighted by Gasteiger charge is 2.34. The molecule has 0 aromatic rings. The molecule has 1 aliphatic rings. The van der Waals surface area contributed by atoms with E-state index in [2.05, 4.69) is 27.7 Å². The van der Waals surface area contributed by atoms with E-state index in [1.807, 2.05) is 4.90 Å². The van der Waals surface area contributed by atoms with E-state index in [1.165, 1.54) is 0 Å². The number of amides is 2. The molecule has 0 spiro atoms. The topological polar surface area (TPSA) is 60.9 Å². The molecule has 1 aliphatic heterocycles. The molecular weight excluding hydrogens is 244 g/mol. The minimum Gasteiger partial charge on any atom is -0.481 e. The summed E-state index contributed by atoms with van der Waals surface area (Å²) in [5.41, 5.74) is 0. The molecule has 0 aromatic heterocycles. The van der Waals surface area contributed by atoms with Crippen molar-refractivity contribution in [3.63, 3.8) is 0 Å². The summed E-state index contributed by atoms with van der Waals surface area (Å²) in [6, 6.07) is 0.0593. The Bertz CT molecular complexity index is 313. The summed E-state index contributed by atoms with van der Waals surface area (Å²) in [5, 5.41) is 8.71. The molecule has 0 bridgehead atoms. The number of aliphatic carboxylic acids is 1. The number of hydrogen-bond donors (Lipinski definition) is 1. The van der Waals surface area contributed by atoms with E-state index in [0.717, 1.165) is 13.1 Å². The van der Waals surface area contributed by atoms with Crippen molar-refractivity contribution in [3.05, 3.63) is 0 Å². The van der Waals surface area contributed by atoms with Gasteiger partial charge in [0.2, 0.25) is 0 Å². The first-order valence-electron chi connectivity index (χ1n) is 7.05. The highest BCUT2D eigenvalue weighted by molar-refractivity contribution is 5.76. The normalized spacial score (nSPS) is 15.8. The average molecular weight is 270 g/mol. The van der Waals surface area contributed by atoms with Gasteiger partial charge in [0, 0.05) is 32.1 Å². The van der Waals surface area contributed by atoms with Crippen molar-refractivity contribution in [1.29, 1.82) is 0 Å². The number of carbonyl (C=O) groups excluding carboxylic acids is 1. The van der Waals surface area contributed by atoms with E-state index in [4.69, 9.17) is 5.11 Å². The third-order valence-electron chi connectivity index (χ3n) is 3.13. The van der Waals surface area contributed by atoms with Gasteiger partial charge in [-0.15, -0.1) is 0 Å². The van der Waals surface area contributed by atoms with Gasteiger partial charge >= 0.3 is 12.0 Å². The van der Waals surface area contributed by atoms with E-state index < -0.39 is 5.97 Å². The van der Waals surface area contributed by atoms with Gasteiger partial charge in [0.15, 0.2) is 0 Å². The Labute approximate surface area is 115 Å². The van der Waals surface area contributed by atoms with Crippen molar-refractivity contribution in [3.8, 4) is 0 Å². The molecular formula is C14H26N2O3. The summed E-state index contributed by atoms with van der Waals surface area (Å²) in [6.45, 7) is 11.1. The second-order valence-electron chi connectivity index (χ2n) is 6.34. The van der Waals surface area contributed by atoms with E-state index in [0.29, 0.717) is 24.9 Å². The highest BCUT2D eigenvalue weighted by atomic mass is 16.4. The van der Waals surface area contributed by atoms with Crippen LogP contribution in [0.25, 0.3) is 0 Å². The van der Waals surface area contributed by atoms with Crippen molar-refractivity contribution >= 4 is 12.0 Å². The molecule has 2 amide bonds. The van der Waals surface area contributed by atoms with Gasteiger partial charge in [-0.2, -0.15) is 0 Å². The van der Waals surface area contributed by atoms with Gasteiger partial charge in [-0.05, 0) is 11.8 Å². The van der Waals surface area contributed by atoms with Gasteiger partial charge in [0.25, 0.3) is 0 Å². The molecule has 1 heterocycles. The third kappa shape index (κ3) is 5.09. The van der Waals surface area contributed by atoms with Crippen molar-refractivity contribution in [2.75, 3.05) is 26.2 Å². The van der Waals surface area contributed by atoms with Gasteiger partial charge in [-0.3, -0.25) is 4.79 Å². The first-order valence-corrected chi connectivity index (χ1v) is 7.05. The summed E-state index contributed by atoms with van der Waals surface area (Å²) >= 11 is 0. The van der Waals surface area contributed by atoms with E-state index >= 15 is 0 Å². The van der Waals surface area contributed by atoms with Crippen LogP contribution in [0.4, 0.5) is 4.79 Å². The lowest BCUT2D eigenvalue weighted by molar-refractivity contribution is -0.139. The predicted octanol–water partition coefficient (Wildman–Crippen LogP) is 2.13. The maximum Gasteiger partial charge on any atom is 0.320 e. The largest absolute Gasteiger partial charge is 0.481 e. The summed E-state index contributed by atoms with van der Waals surface area (Å²) in [6.07, 6.45) is 0.165. The number of urea groups is 1. The summed E-state index contributed by atoms with van der Waals surface area (Å²) in [5.74, 6) is 0.234. The fourth-order valence-corrected chi connectivity index (χ4v) is 2.41. The van der Waals surface area contributed by atoms with Crippen LogP contribution in [-0.2, 0) is 4.79 Å². The van der Waals surface area contributed by atoms with Gasteiger partial charge < -0.3 is 14.9 Å². The SMILES string of the molecule is CC(C)CN(CC(C)C)C(=O)N1CC(CC(=O)O)C1. The van der Waals surface area contributed by atoms with Crippen molar-refractivity contribution in [2.45, 2.75) is 34.1 Å². The summed E-state index contributed by atoms with van der Waals surface area (Å²) < 4.78 is 0.